The molecule has 0 spiro atoms. The fraction of sp³-hybridized carbons (Fsp3) is 0.769. The molecule has 84 valence electrons. The summed E-state index contributed by atoms with van der Waals surface area (Å²) >= 11 is 0. The van der Waals surface area contributed by atoms with E-state index in [4.69, 9.17) is 0 Å². The molecule has 0 unspecified atom stereocenters. The highest BCUT2D eigenvalue weighted by atomic mass is 15.1. The van der Waals surface area contributed by atoms with Gasteiger partial charge in [0.25, 0.3) is 0 Å². The molecule has 1 aliphatic carbocycles. The van der Waals surface area contributed by atoms with Crippen molar-refractivity contribution in [2.24, 2.45) is 5.92 Å². The summed E-state index contributed by atoms with van der Waals surface area (Å²) in [5.41, 5.74) is 2.54. The Hall–Kier alpha value is -0.790. The summed E-state index contributed by atoms with van der Waals surface area (Å²) in [4.78, 5) is 4.39. The van der Waals surface area contributed by atoms with Crippen LogP contribution in [0.4, 0.5) is 0 Å². The molecule has 1 aliphatic rings. The van der Waals surface area contributed by atoms with Gasteiger partial charge in [-0.1, -0.05) is 13.3 Å². The highest BCUT2D eigenvalue weighted by Crippen LogP contribution is 2.34. The van der Waals surface area contributed by atoms with Crippen molar-refractivity contribution in [1.29, 1.82) is 0 Å². The summed E-state index contributed by atoms with van der Waals surface area (Å²) in [6, 6.07) is 0.717. The molecule has 2 rings (SSSR count). The second-order valence-electron chi connectivity index (χ2n) is 4.91. The van der Waals surface area contributed by atoms with Gasteiger partial charge in [-0.3, -0.25) is 0 Å². The van der Waals surface area contributed by atoms with Gasteiger partial charge in [0.2, 0.25) is 0 Å². The Labute approximate surface area is 92.7 Å². The summed E-state index contributed by atoms with van der Waals surface area (Å²) < 4.78 is 2.39. The highest BCUT2D eigenvalue weighted by Gasteiger charge is 2.22. The van der Waals surface area contributed by atoms with Gasteiger partial charge in [-0.15, -0.1) is 0 Å². The van der Waals surface area contributed by atoms with Crippen molar-refractivity contribution in [3.63, 3.8) is 0 Å². The summed E-state index contributed by atoms with van der Waals surface area (Å²) in [6.07, 6.45) is 8.87. The second-order valence-corrected chi connectivity index (χ2v) is 4.91. The van der Waals surface area contributed by atoms with Crippen LogP contribution in [0.5, 0.6) is 0 Å². The SMILES string of the molecule is CCC1CCC(n2cnc(C)c2C)CC1. The van der Waals surface area contributed by atoms with Crippen LogP contribution >= 0.6 is 0 Å². The number of aryl methyl sites for hydroxylation is 1. The fourth-order valence-corrected chi connectivity index (χ4v) is 2.72. The van der Waals surface area contributed by atoms with Crippen LogP contribution in [0.25, 0.3) is 0 Å². The molecule has 2 heteroatoms. The third-order valence-corrected chi connectivity index (χ3v) is 4.07. The fourth-order valence-electron chi connectivity index (χ4n) is 2.72. The molecule has 0 atom stereocenters. The summed E-state index contributed by atoms with van der Waals surface area (Å²) in [7, 11) is 0. The van der Waals surface area contributed by atoms with E-state index < -0.39 is 0 Å². The van der Waals surface area contributed by atoms with Gasteiger partial charge < -0.3 is 4.57 Å². The number of nitrogens with zero attached hydrogens (tertiary/aromatic N) is 2. The predicted octanol–water partition coefficient (Wildman–Crippen LogP) is 3.64. The lowest BCUT2D eigenvalue weighted by atomic mass is 9.84. The van der Waals surface area contributed by atoms with Gasteiger partial charge in [0.1, 0.15) is 0 Å². The van der Waals surface area contributed by atoms with Crippen LogP contribution in [0.15, 0.2) is 6.33 Å². The molecule has 1 aromatic rings. The van der Waals surface area contributed by atoms with Gasteiger partial charge in [-0.2, -0.15) is 0 Å². The largest absolute Gasteiger partial charge is 0.332 e. The van der Waals surface area contributed by atoms with E-state index in [1.807, 2.05) is 6.33 Å². The van der Waals surface area contributed by atoms with Gasteiger partial charge in [0.05, 0.1) is 12.0 Å². The first kappa shape index (κ1) is 10.7. The van der Waals surface area contributed by atoms with Crippen molar-refractivity contribution in [3.05, 3.63) is 17.7 Å². The highest BCUT2D eigenvalue weighted by molar-refractivity contribution is 5.10. The molecule has 0 amide bonds. The average molecular weight is 206 g/mol. The topological polar surface area (TPSA) is 17.8 Å². The maximum Gasteiger partial charge on any atom is 0.0954 e. The smallest absolute Gasteiger partial charge is 0.0954 e. The molecule has 1 saturated carbocycles. The Morgan fingerprint density at radius 2 is 1.93 bits per heavy atom. The Balaban J connectivity index is 2.04. The number of hydrogen-bond donors (Lipinski definition) is 0. The van der Waals surface area contributed by atoms with Gasteiger partial charge in [-0.05, 0) is 45.4 Å². The van der Waals surface area contributed by atoms with Crippen molar-refractivity contribution in [3.8, 4) is 0 Å². The maximum atomic E-state index is 4.39. The average Bonchev–Trinajstić information content (AvgIpc) is 2.60. The quantitative estimate of drug-likeness (QED) is 0.722. The van der Waals surface area contributed by atoms with Crippen molar-refractivity contribution < 1.29 is 0 Å². The third-order valence-electron chi connectivity index (χ3n) is 4.07. The molecule has 2 nitrogen and oxygen atoms in total. The first-order valence-electron chi connectivity index (χ1n) is 6.22. The molecule has 0 bridgehead atoms. The van der Waals surface area contributed by atoms with E-state index in [2.05, 4.69) is 30.3 Å². The van der Waals surface area contributed by atoms with E-state index in [0.717, 1.165) is 5.92 Å². The second kappa shape index (κ2) is 4.38. The number of hydrogen-bond acceptors (Lipinski definition) is 1. The minimum atomic E-state index is 0.717. The molecule has 15 heavy (non-hydrogen) atoms. The standard InChI is InChI=1S/C13H22N2/c1-4-12-5-7-13(8-6-12)15-9-14-10(2)11(15)3/h9,12-13H,4-8H2,1-3H3. The van der Waals surface area contributed by atoms with E-state index in [-0.39, 0.29) is 0 Å². The number of rotatable bonds is 2. The minimum absolute atomic E-state index is 0.717. The zero-order valence-electron chi connectivity index (χ0n) is 10.2. The Kier molecular flexibility index (Phi) is 3.13. The molecule has 1 heterocycles. The molecule has 0 aliphatic heterocycles. The zero-order valence-corrected chi connectivity index (χ0v) is 10.2. The molecule has 0 radical (unpaired) electrons. The van der Waals surface area contributed by atoms with Crippen LogP contribution in [0.1, 0.15) is 56.5 Å². The Morgan fingerprint density at radius 1 is 1.27 bits per heavy atom. The molecule has 0 aromatic carbocycles. The first-order chi connectivity index (χ1) is 7.22. The van der Waals surface area contributed by atoms with Crippen LogP contribution in [-0.4, -0.2) is 9.55 Å². The minimum Gasteiger partial charge on any atom is -0.332 e. The van der Waals surface area contributed by atoms with Crippen LogP contribution in [0.3, 0.4) is 0 Å². The summed E-state index contributed by atoms with van der Waals surface area (Å²) in [5.74, 6) is 0.978. The lowest BCUT2D eigenvalue weighted by Gasteiger charge is -2.29. The van der Waals surface area contributed by atoms with E-state index in [1.54, 1.807) is 0 Å². The predicted molar refractivity (Wildman–Crippen MR) is 63.0 cm³/mol. The molecular formula is C13H22N2. The van der Waals surface area contributed by atoms with E-state index in [9.17, 15) is 0 Å². The lowest BCUT2D eigenvalue weighted by molar-refractivity contribution is 0.267. The first-order valence-corrected chi connectivity index (χ1v) is 6.22. The molecule has 0 saturated heterocycles. The van der Waals surface area contributed by atoms with Crippen molar-refractivity contribution >= 4 is 0 Å². The number of imidazole rings is 1. The molecular weight excluding hydrogens is 184 g/mol. The Bertz CT molecular complexity index is 319. The van der Waals surface area contributed by atoms with Crippen molar-refractivity contribution in [1.82, 2.24) is 9.55 Å². The molecule has 1 fully saturated rings. The third kappa shape index (κ3) is 2.09. The van der Waals surface area contributed by atoms with Crippen LogP contribution in [0, 0.1) is 19.8 Å². The van der Waals surface area contributed by atoms with Crippen LogP contribution in [0.2, 0.25) is 0 Å². The normalized spacial score (nSPS) is 26.9. The monoisotopic (exact) mass is 206 g/mol. The van der Waals surface area contributed by atoms with Gasteiger partial charge in [0.15, 0.2) is 0 Å². The lowest BCUT2D eigenvalue weighted by Crippen LogP contribution is -2.18. The Morgan fingerprint density at radius 3 is 2.40 bits per heavy atom. The van der Waals surface area contributed by atoms with Gasteiger partial charge in [-0.25, -0.2) is 4.98 Å². The number of aromatic nitrogens is 2. The van der Waals surface area contributed by atoms with E-state index >= 15 is 0 Å². The molecule has 0 N–H and O–H groups in total. The summed E-state index contributed by atoms with van der Waals surface area (Å²) in [6.45, 7) is 6.61. The van der Waals surface area contributed by atoms with Crippen LogP contribution < -0.4 is 0 Å². The van der Waals surface area contributed by atoms with E-state index in [0.29, 0.717) is 6.04 Å². The van der Waals surface area contributed by atoms with Crippen molar-refractivity contribution in [2.75, 3.05) is 0 Å². The van der Waals surface area contributed by atoms with Crippen LogP contribution in [-0.2, 0) is 0 Å². The van der Waals surface area contributed by atoms with Crippen molar-refractivity contribution in [2.45, 2.75) is 58.9 Å². The van der Waals surface area contributed by atoms with Gasteiger partial charge >= 0.3 is 0 Å². The van der Waals surface area contributed by atoms with Gasteiger partial charge in [0, 0.05) is 11.7 Å². The maximum absolute atomic E-state index is 4.39. The van der Waals surface area contributed by atoms with E-state index in [1.165, 1.54) is 43.5 Å². The zero-order chi connectivity index (χ0) is 10.8. The summed E-state index contributed by atoms with van der Waals surface area (Å²) in [5, 5.41) is 0. The molecule has 1 aromatic heterocycles.